The third kappa shape index (κ3) is 2.07. The van der Waals surface area contributed by atoms with Crippen LogP contribution in [0.1, 0.15) is 21.5 Å². The molecule has 1 N–H and O–H groups in total. The number of anilines is 2. The Morgan fingerprint density at radius 3 is 2.60 bits per heavy atom. The molecular weight excluding hydrogens is 312 g/mol. The van der Waals surface area contributed by atoms with Crippen LogP contribution in [0.15, 0.2) is 54.6 Å². The molecule has 0 spiro atoms. The van der Waals surface area contributed by atoms with Crippen LogP contribution in [0.2, 0.25) is 0 Å². The summed E-state index contributed by atoms with van der Waals surface area (Å²) < 4.78 is 0. The second-order valence-corrected chi connectivity index (χ2v) is 6.57. The fourth-order valence-electron chi connectivity index (χ4n) is 3.99. The van der Waals surface area contributed by atoms with E-state index in [-0.39, 0.29) is 18.4 Å². The van der Waals surface area contributed by atoms with Crippen LogP contribution in [0.5, 0.6) is 0 Å². The van der Waals surface area contributed by atoms with E-state index in [4.69, 9.17) is 0 Å². The Balaban J connectivity index is 1.67. The second kappa shape index (κ2) is 5.18. The van der Waals surface area contributed by atoms with Gasteiger partial charge < -0.3 is 5.32 Å². The number of para-hydroxylation sites is 2. The van der Waals surface area contributed by atoms with Crippen LogP contribution in [0, 0.1) is 0 Å². The normalized spacial score (nSPS) is 15.2. The number of aryl methyl sites for hydroxylation is 2. The number of fused-ring (bicyclic) bond motifs is 1. The van der Waals surface area contributed by atoms with E-state index in [1.54, 1.807) is 4.90 Å². The summed E-state index contributed by atoms with van der Waals surface area (Å²) >= 11 is 0. The van der Waals surface area contributed by atoms with Gasteiger partial charge in [-0.25, -0.2) is 0 Å². The van der Waals surface area contributed by atoms with Crippen LogP contribution in [0.3, 0.4) is 0 Å². The lowest BCUT2D eigenvalue weighted by molar-refractivity contribution is -0.115. The van der Waals surface area contributed by atoms with Crippen LogP contribution >= 0.6 is 0 Å². The molecule has 0 atom stereocenters. The molecule has 122 valence electrons. The summed E-state index contributed by atoms with van der Waals surface area (Å²) in [5.74, 6) is -0.295. The van der Waals surface area contributed by atoms with Crippen LogP contribution in [0.4, 0.5) is 11.4 Å². The van der Waals surface area contributed by atoms with Gasteiger partial charge in [-0.15, -0.1) is 0 Å². The Bertz CT molecular complexity index is 1040. The number of benzene rings is 3. The molecule has 0 radical (unpaired) electrons. The number of rotatable bonds is 1. The molecule has 4 nitrogen and oxygen atoms in total. The molecule has 3 aromatic carbocycles. The highest BCUT2D eigenvalue weighted by atomic mass is 16.2. The predicted molar refractivity (Wildman–Crippen MR) is 98.1 cm³/mol. The highest BCUT2D eigenvalue weighted by Crippen LogP contribution is 2.35. The third-order valence-electron chi connectivity index (χ3n) is 5.12. The third-order valence-corrected chi connectivity index (χ3v) is 5.12. The molecule has 0 aromatic heterocycles. The van der Waals surface area contributed by atoms with Crippen molar-refractivity contribution in [2.75, 3.05) is 16.8 Å². The predicted octanol–water partition coefficient (Wildman–Crippen LogP) is 3.54. The minimum Gasteiger partial charge on any atom is -0.323 e. The zero-order chi connectivity index (χ0) is 17.0. The van der Waals surface area contributed by atoms with Gasteiger partial charge in [0.05, 0.1) is 11.4 Å². The molecular formula is C21H16N2O2. The number of hydrogen-bond donors (Lipinski definition) is 1. The highest BCUT2D eigenvalue weighted by molar-refractivity contribution is 6.19. The monoisotopic (exact) mass is 328 g/mol. The van der Waals surface area contributed by atoms with Gasteiger partial charge in [0, 0.05) is 5.56 Å². The largest absolute Gasteiger partial charge is 0.323 e. The first-order chi connectivity index (χ1) is 12.2. The number of nitrogens with one attached hydrogen (secondary N) is 1. The SMILES string of the molecule is O=C1CN(C(=O)c2ccc3c4c(cccc24)CC3)c2ccccc2N1. The summed E-state index contributed by atoms with van der Waals surface area (Å²) in [6.45, 7) is 0.0405. The van der Waals surface area contributed by atoms with Crippen LogP contribution in [-0.2, 0) is 17.6 Å². The van der Waals surface area contributed by atoms with Gasteiger partial charge in [0.1, 0.15) is 6.54 Å². The molecule has 0 bridgehead atoms. The van der Waals surface area contributed by atoms with Crippen molar-refractivity contribution in [1.29, 1.82) is 0 Å². The average Bonchev–Trinajstić information content (AvgIpc) is 3.06. The molecule has 0 fully saturated rings. The molecule has 4 heteroatoms. The van der Waals surface area contributed by atoms with Crippen molar-refractivity contribution >= 4 is 34.0 Å². The maximum atomic E-state index is 13.3. The molecule has 3 aromatic rings. The summed E-state index contributed by atoms with van der Waals surface area (Å²) in [6.07, 6.45) is 2.05. The smallest absolute Gasteiger partial charge is 0.259 e. The Labute approximate surface area is 145 Å². The first-order valence-corrected chi connectivity index (χ1v) is 8.46. The maximum Gasteiger partial charge on any atom is 0.259 e. The zero-order valence-electron chi connectivity index (χ0n) is 13.6. The summed E-state index contributed by atoms with van der Waals surface area (Å²) in [5.41, 5.74) is 4.69. The Morgan fingerprint density at radius 2 is 1.72 bits per heavy atom. The fourth-order valence-corrected chi connectivity index (χ4v) is 3.99. The highest BCUT2D eigenvalue weighted by Gasteiger charge is 2.29. The van der Waals surface area contributed by atoms with E-state index in [2.05, 4.69) is 17.4 Å². The molecule has 0 saturated carbocycles. The molecule has 1 aliphatic heterocycles. The molecule has 0 saturated heterocycles. The van der Waals surface area contributed by atoms with E-state index in [0.29, 0.717) is 11.3 Å². The second-order valence-electron chi connectivity index (χ2n) is 6.57. The first-order valence-electron chi connectivity index (χ1n) is 8.46. The minimum absolute atomic E-state index is 0.0405. The van der Waals surface area contributed by atoms with Crippen molar-refractivity contribution in [1.82, 2.24) is 0 Å². The van der Waals surface area contributed by atoms with Crippen LogP contribution in [0.25, 0.3) is 10.8 Å². The van der Waals surface area contributed by atoms with Gasteiger partial charge in [0.15, 0.2) is 0 Å². The van der Waals surface area contributed by atoms with Gasteiger partial charge in [-0.3, -0.25) is 14.5 Å². The van der Waals surface area contributed by atoms with Gasteiger partial charge in [0.25, 0.3) is 5.91 Å². The van der Waals surface area contributed by atoms with Crippen molar-refractivity contribution in [2.24, 2.45) is 0 Å². The van der Waals surface area contributed by atoms with E-state index in [9.17, 15) is 9.59 Å². The van der Waals surface area contributed by atoms with Gasteiger partial charge in [0.2, 0.25) is 5.91 Å². The quantitative estimate of drug-likeness (QED) is 0.743. The van der Waals surface area contributed by atoms with Crippen molar-refractivity contribution < 1.29 is 9.59 Å². The molecule has 1 aliphatic carbocycles. The maximum absolute atomic E-state index is 13.3. The number of hydrogen-bond acceptors (Lipinski definition) is 2. The van der Waals surface area contributed by atoms with E-state index in [0.717, 1.165) is 23.9 Å². The van der Waals surface area contributed by atoms with E-state index < -0.39 is 0 Å². The number of carbonyl (C=O) groups excluding carboxylic acids is 2. The number of nitrogens with zero attached hydrogens (tertiary/aromatic N) is 1. The molecule has 1 heterocycles. The Hall–Kier alpha value is -3.14. The molecule has 25 heavy (non-hydrogen) atoms. The Kier molecular flexibility index (Phi) is 2.95. The molecule has 2 aliphatic rings. The van der Waals surface area contributed by atoms with E-state index in [1.165, 1.54) is 16.5 Å². The number of amides is 2. The van der Waals surface area contributed by atoms with E-state index in [1.807, 2.05) is 42.5 Å². The fraction of sp³-hybridized carbons (Fsp3) is 0.143. The van der Waals surface area contributed by atoms with Crippen molar-refractivity contribution in [3.63, 3.8) is 0 Å². The van der Waals surface area contributed by atoms with Gasteiger partial charge in [-0.1, -0.05) is 36.4 Å². The van der Waals surface area contributed by atoms with Crippen molar-refractivity contribution in [3.05, 3.63) is 71.3 Å². The summed E-state index contributed by atoms with van der Waals surface area (Å²) in [6, 6.07) is 17.5. The van der Waals surface area contributed by atoms with Gasteiger partial charge >= 0.3 is 0 Å². The average molecular weight is 328 g/mol. The minimum atomic E-state index is -0.169. The first kappa shape index (κ1) is 14.2. The standard InChI is InChI=1S/C21H16N2O2/c24-19-12-23(18-7-2-1-6-17(18)22-19)21(25)16-11-10-14-9-8-13-4-3-5-15(16)20(13)14/h1-7,10-11H,8-9,12H2,(H,22,24). The Morgan fingerprint density at radius 1 is 0.920 bits per heavy atom. The lowest BCUT2D eigenvalue weighted by Crippen LogP contribution is -2.42. The van der Waals surface area contributed by atoms with Crippen LogP contribution < -0.4 is 10.2 Å². The summed E-state index contributed by atoms with van der Waals surface area (Å²) in [7, 11) is 0. The lowest BCUT2D eigenvalue weighted by Gasteiger charge is -2.29. The van der Waals surface area contributed by atoms with Crippen molar-refractivity contribution in [2.45, 2.75) is 12.8 Å². The van der Waals surface area contributed by atoms with Gasteiger partial charge in [-0.2, -0.15) is 0 Å². The number of carbonyl (C=O) groups is 2. The molecule has 2 amide bonds. The van der Waals surface area contributed by atoms with Crippen molar-refractivity contribution in [3.8, 4) is 0 Å². The van der Waals surface area contributed by atoms with Gasteiger partial charge in [-0.05, 0) is 52.9 Å². The molecule has 5 rings (SSSR count). The van der Waals surface area contributed by atoms with Crippen LogP contribution in [-0.4, -0.2) is 18.4 Å². The topological polar surface area (TPSA) is 49.4 Å². The summed E-state index contributed by atoms with van der Waals surface area (Å²) in [4.78, 5) is 26.9. The zero-order valence-corrected chi connectivity index (χ0v) is 13.6. The summed E-state index contributed by atoms with van der Waals surface area (Å²) in [5, 5.41) is 5.03. The lowest BCUT2D eigenvalue weighted by atomic mass is 9.98. The molecule has 0 unspecified atom stereocenters. The van der Waals surface area contributed by atoms with E-state index >= 15 is 0 Å².